The van der Waals surface area contributed by atoms with Gasteiger partial charge in [-0.05, 0) is 48.5 Å². The normalized spacial score (nSPS) is 17.1. The standard InChI is InChI=1S/C24H20FN5O4/c25-17-3-6-20-16(9-17)10-19(22(31)26-20)21-11-30(28-27-21)18-4-1-15(2-5-18)23(32)29-7-8-34-24(12-29)13-33-14-24/h1-6,9-11H,7-8,12-14H2,(H,26,31). The zero-order valence-electron chi connectivity index (χ0n) is 18.0. The summed E-state index contributed by atoms with van der Waals surface area (Å²) in [4.78, 5) is 30.0. The van der Waals surface area contributed by atoms with Crippen molar-refractivity contribution >= 4 is 16.8 Å². The van der Waals surface area contributed by atoms with Crippen LogP contribution < -0.4 is 5.56 Å². The van der Waals surface area contributed by atoms with Crippen molar-refractivity contribution in [1.29, 1.82) is 0 Å². The van der Waals surface area contributed by atoms with Crippen molar-refractivity contribution in [3.63, 3.8) is 0 Å². The van der Waals surface area contributed by atoms with Gasteiger partial charge in [-0.1, -0.05) is 5.21 Å². The number of carbonyl (C=O) groups is 1. The fourth-order valence-corrected chi connectivity index (χ4v) is 4.34. The van der Waals surface area contributed by atoms with Crippen LogP contribution in [0.5, 0.6) is 0 Å². The number of pyridine rings is 1. The van der Waals surface area contributed by atoms with E-state index in [1.54, 1.807) is 41.4 Å². The Hall–Kier alpha value is -3.89. The maximum absolute atomic E-state index is 13.6. The Bertz CT molecular complexity index is 1460. The van der Waals surface area contributed by atoms with Crippen molar-refractivity contribution in [1.82, 2.24) is 24.9 Å². The Kier molecular flexibility index (Phi) is 4.78. The third-order valence-corrected chi connectivity index (χ3v) is 6.22. The predicted molar refractivity (Wildman–Crippen MR) is 120 cm³/mol. The number of nitrogens with zero attached hydrogens (tertiary/aromatic N) is 4. The van der Waals surface area contributed by atoms with Crippen LogP contribution in [0.1, 0.15) is 10.4 Å². The molecule has 0 radical (unpaired) electrons. The second-order valence-electron chi connectivity index (χ2n) is 8.59. The van der Waals surface area contributed by atoms with Gasteiger partial charge in [-0.15, -0.1) is 5.10 Å². The van der Waals surface area contributed by atoms with Crippen LogP contribution >= 0.6 is 0 Å². The highest BCUT2D eigenvalue weighted by atomic mass is 19.1. The minimum absolute atomic E-state index is 0.0599. The van der Waals surface area contributed by atoms with Crippen LogP contribution in [0.2, 0.25) is 0 Å². The number of halogens is 1. The first-order chi connectivity index (χ1) is 16.5. The lowest BCUT2D eigenvalue weighted by Gasteiger charge is -2.47. The highest BCUT2D eigenvalue weighted by molar-refractivity contribution is 5.94. The van der Waals surface area contributed by atoms with Crippen LogP contribution in [-0.2, 0) is 9.47 Å². The summed E-state index contributed by atoms with van der Waals surface area (Å²) in [5, 5.41) is 8.79. The number of rotatable bonds is 3. The van der Waals surface area contributed by atoms with Crippen molar-refractivity contribution in [3.8, 4) is 16.9 Å². The number of aromatic amines is 1. The summed E-state index contributed by atoms with van der Waals surface area (Å²) < 4.78 is 26.2. The molecule has 0 aliphatic carbocycles. The topological polar surface area (TPSA) is 102 Å². The maximum atomic E-state index is 13.6. The molecule has 1 spiro atoms. The van der Waals surface area contributed by atoms with Gasteiger partial charge in [-0.3, -0.25) is 9.59 Å². The minimum atomic E-state index is -0.392. The monoisotopic (exact) mass is 461 g/mol. The number of aromatic nitrogens is 4. The predicted octanol–water partition coefficient (Wildman–Crippen LogP) is 2.16. The van der Waals surface area contributed by atoms with E-state index in [-0.39, 0.29) is 22.6 Å². The summed E-state index contributed by atoms with van der Waals surface area (Å²) in [6.45, 7) is 2.58. The van der Waals surface area contributed by atoms with Gasteiger partial charge in [0.2, 0.25) is 0 Å². The van der Waals surface area contributed by atoms with Crippen LogP contribution in [0.3, 0.4) is 0 Å². The van der Waals surface area contributed by atoms with Gasteiger partial charge in [0.15, 0.2) is 0 Å². The van der Waals surface area contributed by atoms with E-state index in [1.165, 1.54) is 22.9 Å². The van der Waals surface area contributed by atoms with E-state index >= 15 is 0 Å². The SMILES string of the molecule is O=C(c1ccc(-n2cc(-c3cc4cc(F)ccc4[nH]c3=O)nn2)cc1)N1CCOC2(COC2)C1. The molecule has 1 N–H and O–H groups in total. The molecule has 172 valence electrons. The molecule has 2 fully saturated rings. The molecule has 4 aromatic rings. The molecule has 0 atom stereocenters. The number of ether oxygens (including phenoxy) is 2. The van der Waals surface area contributed by atoms with Crippen molar-refractivity contribution in [2.75, 3.05) is 32.9 Å². The maximum Gasteiger partial charge on any atom is 0.258 e. The zero-order chi connectivity index (χ0) is 23.3. The lowest BCUT2D eigenvalue weighted by atomic mass is 9.99. The Morgan fingerprint density at radius 1 is 1.12 bits per heavy atom. The van der Waals surface area contributed by atoms with E-state index in [0.29, 0.717) is 60.8 Å². The minimum Gasteiger partial charge on any atom is -0.375 e. The van der Waals surface area contributed by atoms with Crippen molar-refractivity contribution < 1.29 is 18.7 Å². The summed E-state index contributed by atoms with van der Waals surface area (Å²) in [5.74, 6) is -0.451. The van der Waals surface area contributed by atoms with Gasteiger partial charge in [0.05, 0.1) is 43.8 Å². The fourth-order valence-electron chi connectivity index (χ4n) is 4.34. The van der Waals surface area contributed by atoms with E-state index in [1.807, 2.05) is 0 Å². The quantitative estimate of drug-likeness (QED) is 0.502. The third-order valence-electron chi connectivity index (χ3n) is 6.22. The van der Waals surface area contributed by atoms with Crippen LogP contribution in [0.15, 0.2) is 59.5 Å². The third kappa shape index (κ3) is 3.57. The smallest absolute Gasteiger partial charge is 0.258 e. The second kappa shape index (κ2) is 7.86. The fraction of sp³-hybridized carbons (Fsp3) is 0.250. The van der Waals surface area contributed by atoms with Gasteiger partial charge >= 0.3 is 0 Å². The average Bonchev–Trinajstić information content (AvgIpc) is 3.33. The van der Waals surface area contributed by atoms with E-state index < -0.39 is 5.82 Å². The number of nitrogens with one attached hydrogen (secondary N) is 1. The van der Waals surface area contributed by atoms with Gasteiger partial charge in [0, 0.05) is 23.0 Å². The Morgan fingerprint density at radius 3 is 2.71 bits per heavy atom. The van der Waals surface area contributed by atoms with E-state index in [2.05, 4.69) is 15.3 Å². The van der Waals surface area contributed by atoms with E-state index in [0.717, 1.165) is 0 Å². The van der Waals surface area contributed by atoms with Crippen molar-refractivity contribution in [3.05, 3.63) is 76.5 Å². The summed E-state index contributed by atoms with van der Waals surface area (Å²) >= 11 is 0. The van der Waals surface area contributed by atoms with E-state index in [9.17, 15) is 14.0 Å². The molecule has 2 aromatic carbocycles. The number of hydrogen-bond donors (Lipinski definition) is 1. The van der Waals surface area contributed by atoms with Crippen molar-refractivity contribution in [2.24, 2.45) is 0 Å². The van der Waals surface area contributed by atoms with Gasteiger partial charge in [0.25, 0.3) is 11.5 Å². The molecule has 2 aliphatic heterocycles. The molecule has 34 heavy (non-hydrogen) atoms. The number of carbonyl (C=O) groups excluding carboxylic acids is 1. The molecule has 9 nitrogen and oxygen atoms in total. The molecule has 0 unspecified atom stereocenters. The van der Waals surface area contributed by atoms with Crippen LogP contribution in [0, 0.1) is 5.82 Å². The van der Waals surface area contributed by atoms with E-state index in [4.69, 9.17) is 9.47 Å². The second-order valence-corrected chi connectivity index (χ2v) is 8.59. The average molecular weight is 461 g/mol. The summed E-state index contributed by atoms with van der Waals surface area (Å²) in [5.41, 5.74) is 1.73. The molecule has 6 rings (SSSR count). The molecule has 2 saturated heterocycles. The first-order valence-electron chi connectivity index (χ1n) is 10.9. The molecule has 2 aromatic heterocycles. The summed E-state index contributed by atoms with van der Waals surface area (Å²) in [6.07, 6.45) is 1.62. The summed E-state index contributed by atoms with van der Waals surface area (Å²) in [7, 11) is 0. The Balaban J connectivity index is 1.23. The van der Waals surface area contributed by atoms with Crippen LogP contribution in [0.25, 0.3) is 27.8 Å². The molecular formula is C24H20FN5O4. The highest BCUT2D eigenvalue weighted by Gasteiger charge is 2.44. The number of H-pyrrole nitrogens is 1. The molecule has 4 heterocycles. The van der Waals surface area contributed by atoms with Crippen LogP contribution in [0.4, 0.5) is 4.39 Å². The number of hydrogen-bond acceptors (Lipinski definition) is 6. The van der Waals surface area contributed by atoms with Gasteiger partial charge in [-0.25, -0.2) is 9.07 Å². The van der Waals surface area contributed by atoms with Crippen LogP contribution in [-0.4, -0.2) is 69.3 Å². The first kappa shape index (κ1) is 20.7. The van der Waals surface area contributed by atoms with Crippen molar-refractivity contribution in [2.45, 2.75) is 5.60 Å². The highest BCUT2D eigenvalue weighted by Crippen LogP contribution is 2.27. The number of benzene rings is 2. The number of fused-ring (bicyclic) bond motifs is 1. The lowest BCUT2D eigenvalue weighted by Crippen LogP contribution is -2.63. The summed E-state index contributed by atoms with van der Waals surface area (Å²) in [6, 6.07) is 12.8. The molecule has 1 amide bonds. The largest absolute Gasteiger partial charge is 0.375 e. The van der Waals surface area contributed by atoms with Gasteiger partial charge in [-0.2, -0.15) is 0 Å². The van der Waals surface area contributed by atoms with Gasteiger partial charge < -0.3 is 19.4 Å². The number of morpholine rings is 1. The molecule has 0 saturated carbocycles. The van der Waals surface area contributed by atoms with Gasteiger partial charge in [0.1, 0.15) is 17.1 Å². The Labute approximate surface area is 192 Å². The lowest BCUT2D eigenvalue weighted by molar-refractivity contribution is -0.232. The first-order valence-corrected chi connectivity index (χ1v) is 10.9. The molecule has 2 aliphatic rings. The number of amides is 1. The zero-order valence-corrected chi connectivity index (χ0v) is 18.0. The molecular weight excluding hydrogens is 441 g/mol. The molecule has 10 heteroatoms. The molecule has 0 bridgehead atoms. The Morgan fingerprint density at radius 2 is 1.94 bits per heavy atom.